The number of hydrogen-bond donors (Lipinski definition) is 2. The Labute approximate surface area is 96.1 Å². The van der Waals surface area contributed by atoms with Crippen LogP contribution < -0.4 is 5.32 Å². The average Bonchev–Trinajstić information content (AvgIpc) is 2.65. The predicted molar refractivity (Wildman–Crippen MR) is 58.9 cm³/mol. The van der Waals surface area contributed by atoms with E-state index >= 15 is 0 Å². The number of carbonyl (C=O) groups excluding carboxylic acids is 2. The number of carboxylic acids is 1. The van der Waals surface area contributed by atoms with Gasteiger partial charge in [0.15, 0.2) is 5.78 Å². The first-order valence-corrected chi connectivity index (χ1v) is 5.43. The van der Waals surface area contributed by atoms with Gasteiger partial charge in [-0.15, -0.1) is 11.3 Å². The van der Waals surface area contributed by atoms with Crippen LogP contribution in [0.1, 0.15) is 32.7 Å². The van der Waals surface area contributed by atoms with Gasteiger partial charge in [-0.25, -0.2) is 0 Å². The summed E-state index contributed by atoms with van der Waals surface area (Å²) in [4.78, 5) is 33.6. The smallest absolute Gasteiger partial charge is 0.305 e. The maximum atomic E-state index is 11.5. The zero-order valence-electron chi connectivity index (χ0n) is 8.65. The first-order chi connectivity index (χ1) is 7.50. The minimum absolute atomic E-state index is 0.0848. The molecule has 6 heteroatoms. The number of rotatable bonds is 5. The van der Waals surface area contributed by atoms with Gasteiger partial charge in [-0.05, 0) is 19.1 Å². The van der Waals surface area contributed by atoms with Crippen molar-refractivity contribution in [3.63, 3.8) is 0 Å². The third-order valence-electron chi connectivity index (χ3n) is 1.80. The topological polar surface area (TPSA) is 83.5 Å². The molecular weight excluding hydrogens is 230 g/mol. The van der Waals surface area contributed by atoms with Crippen molar-refractivity contribution in [2.45, 2.75) is 13.3 Å². The normalized spacial score (nSPS) is 9.81. The molecule has 0 atom stereocenters. The van der Waals surface area contributed by atoms with E-state index in [1.54, 1.807) is 12.1 Å². The molecule has 2 N–H and O–H groups in total. The number of aliphatic carboxylic acids is 1. The molecule has 5 nitrogen and oxygen atoms in total. The predicted octanol–water partition coefficient (Wildman–Crippen LogP) is 1.16. The van der Waals surface area contributed by atoms with Gasteiger partial charge in [0.05, 0.1) is 16.2 Å². The Morgan fingerprint density at radius 3 is 2.44 bits per heavy atom. The van der Waals surface area contributed by atoms with Crippen LogP contribution in [0.15, 0.2) is 12.1 Å². The van der Waals surface area contributed by atoms with Gasteiger partial charge >= 0.3 is 5.97 Å². The Hall–Kier alpha value is -1.69. The van der Waals surface area contributed by atoms with E-state index in [0.717, 1.165) is 11.3 Å². The van der Waals surface area contributed by atoms with Gasteiger partial charge in [-0.1, -0.05) is 0 Å². The highest BCUT2D eigenvalue weighted by molar-refractivity contribution is 7.15. The van der Waals surface area contributed by atoms with E-state index in [1.807, 2.05) is 0 Å². The largest absolute Gasteiger partial charge is 0.481 e. The van der Waals surface area contributed by atoms with Crippen LogP contribution in [0.25, 0.3) is 0 Å². The maximum absolute atomic E-state index is 11.5. The van der Waals surface area contributed by atoms with Gasteiger partial charge in [0.2, 0.25) is 0 Å². The molecule has 0 aliphatic carbocycles. The molecule has 0 radical (unpaired) electrons. The monoisotopic (exact) mass is 241 g/mol. The van der Waals surface area contributed by atoms with Crippen LogP contribution in [-0.4, -0.2) is 29.3 Å². The molecule has 0 unspecified atom stereocenters. The highest BCUT2D eigenvalue weighted by atomic mass is 32.1. The van der Waals surface area contributed by atoms with Crippen molar-refractivity contribution in [3.8, 4) is 0 Å². The van der Waals surface area contributed by atoms with E-state index in [4.69, 9.17) is 5.11 Å². The fraction of sp³-hybridized carbons (Fsp3) is 0.300. The molecule has 1 aromatic rings. The summed E-state index contributed by atoms with van der Waals surface area (Å²) < 4.78 is 0. The number of amides is 1. The molecule has 1 heterocycles. The van der Waals surface area contributed by atoms with Crippen molar-refractivity contribution in [2.24, 2.45) is 0 Å². The third kappa shape index (κ3) is 3.47. The average molecular weight is 241 g/mol. The summed E-state index contributed by atoms with van der Waals surface area (Å²) in [5.41, 5.74) is 0. The first kappa shape index (κ1) is 12.4. The summed E-state index contributed by atoms with van der Waals surface area (Å²) in [5, 5.41) is 10.8. The number of ketones is 1. The first-order valence-electron chi connectivity index (χ1n) is 4.61. The van der Waals surface area contributed by atoms with E-state index in [-0.39, 0.29) is 24.7 Å². The summed E-state index contributed by atoms with van der Waals surface area (Å²) >= 11 is 1.10. The molecule has 1 aromatic heterocycles. The zero-order chi connectivity index (χ0) is 12.1. The quantitative estimate of drug-likeness (QED) is 0.757. The number of carboxylic acid groups (broad SMARTS) is 1. The van der Waals surface area contributed by atoms with Crippen LogP contribution >= 0.6 is 11.3 Å². The second-order valence-corrected chi connectivity index (χ2v) is 4.20. The van der Waals surface area contributed by atoms with Crippen molar-refractivity contribution in [3.05, 3.63) is 21.9 Å². The van der Waals surface area contributed by atoms with Crippen LogP contribution in [-0.2, 0) is 4.79 Å². The number of carbonyl (C=O) groups is 3. The van der Waals surface area contributed by atoms with Crippen LogP contribution in [0.3, 0.4) is 0 Å². The standard InChI is InChI=1S/C10H11NO4S/c1-6(12)7-2-3-8(16-7)10(15)11-5-4-9(13)14/h2-3H,4-5H2,1H3,(H,11,15)(H,13,14). The van der Waals surface area contributed by atoms with Gasteiger partial charge < -0.3 is 10.4 Å². The minimum atomic E-state index is -0.962. The molecule has 0 bridgehead atoms. The molecule has 0 aliphatic heterocycles. The van der Waals surface area contributed by atoms with Crippen LogP contribution in [0.2, 0.25) is 0 Å². The van der Waals surface area contributed by atoms with Crippen molar-refractivity contribution in [1.82, 2.24) is 5.32 Å². The summed E-state index contributed by atoms with van der Waals surface area (Å²) in [6.45, 7) is 1.51. The van der Waals surface area contributed by atoms with Crippen molar-refractivity contribution in [1.29, 1.82) is 0 Å². The van der Waals surface area contributed by atoms with Crippen molar-refractivity contribution in [2.75, 3.05) is 6.54 Å². The van der Waals surface area contributed by atoms with E-state index < -0.39 is 5.97 Å². The zero-order valence-corrected chi connectivity index (χ0v) is 9.47. The highest BCUT2D eigenvalue weighted by Gasteiger charge is 2.11. The molecule has 0 aromatic carbocycles. The molecule has 0 aliphatic rings. The highest BCUT2D eigenvalue weighted by Crippen LogP contribution is 2.16. The Balaban J connectivity index is 2.53. The number of nitrogens with one attached hydrogen (secondary N) is 1. The van der Waals surface area contributed by atoms with E-state index in [1.165, 1.54) is 6.92 Å². The molecule has 0 saturated carbocycles. The maximum Gasteiger partial charge on any atom is 0.305 e. The molecule has 86 valence electrons. The van der Waals surface area contributed by atoms with Gasteiger partial charge in [0.1, 0.15) is 0 Å². The fourth-order valence-electron chi connectivity index (χ4n) is 1.02. The summed E-state index contributed by atoms with van der Waals surface area (Å²) in [5.74, 6) is -1.40. The lowest BCUT2D eigenvalue weighted by molar-refractivity contribution is -0.136. The molecular formula is C10H11NO4S. The second kappa shape index (κ2) is 5.41. The summed E-state index contributed by atoms with van der Waals surface area (Å²) in [6, 6.07) is 3.14. The molecule has 1 rings (SSSR count). The Morgan fingerprint density at radius 2 is 1.94 bits per heavy atom. The minimum Gasteiger partial charge on any atom is -0.481 e. The fourth-order valence-corrected chi connectivity index (χ4v) is 1.84. The molecule has 16 heavy (non-hydrogen) atoms. The third-order valence-corrected chi connectivity index (χ3v) is 2.99. The van der Waals surface area contributed by atoms with Gasteiger partial charge in [-0.2, -0.15) is 0 Å². The lowest BCUT2D eigenvalue weighted by atomic mass is 10.3. The lowest BCUT2D eigenvalue weighted by Gasteiger charge is -1.99. The summed E-state index contributed by atoms with van der Waals surface area (Å²) in [6.07, 6.45) is -0.114. The van der Waals surface area contributed by atoms with Gasteiger partial charge in [-0.3, -0.25) is 14.4 Å². The van der Waals surface area contributed by atoms with Gasteiger partial charge in [0.25, 0.3) is 5.91 Å². The Kier molecular flexibility index (Phi) is 4.19. The molecule has 0 spiro atoms. The molecule has 1 amide bonds. The Bertz CT molecular complexity index is 424. The molecule has 0 fully saturated rings. The number of Topliss-reactive ketones (excluding diaryl/α,β-unsaturated/α-hetero) is 1. The number of thiophene rings is 1. The van der Waals surface area contributed by atoms with Gasteiger partial charge in [0, 0.05) is 6.54 Å². The van der Waals surface area contributed by atoms with E-state index in [9.17, 15) is 14.4 Å². The second-order valence-electron chi connectivity index (χ2n) is 3.12. The van der Waals surface area contributed by atoms with Crippen LogP contribution in [0.5, 0.6) is 0 Å². The SMILES string of the molecule is CC(=O)c1ccc(C(=O)NCCC(=O)O)s1. The molecule has 0 saturated heterocycles. The van der Waals surface area contributed by atoms with Crippen LogP contribution in [0.4, 0.5) is 0 Å². The lowest BCUT2D eigenvalue weighted by Crippen LogP contribution is -2.25. The van der Waals surface area contributed by atoms with Crippen molar-refractivity contribution < 1.29 is 19.5 Å². The Morgan fingerprint density at radius 1 is 1.31 bits per heavy atom. The van der Waals surface area contributed by atoms with E-state index in [2.05, 4.69) is 5.32 Å². The van der Waals surface area contributed by atoms with E-state index in [0.29, 0.717) is 9.75 Å². The van der Waals surface area contributed by atoms with Crippen molar-refractivity contribution >= 4 is 29.0 Å². The van der Waals surface area contributed by atoms with Crippen LogP contribution in [0, 0.1) is 0 Å². The summed E-state index contributed by atoms with van der Waals surface area (Å²) in [7, 11) is 0. The number of hydrogen-bond acceptors (Lipinski definition) is 4.